The first-order chi connectivity index (χ1) is 9.14. The molecule has 0 saturated carbocycles. The molecule has 0 aliphatic heterocycles. The summed E-state index contributed by atoms with van der Waals surface area (Å²) in [6.07, 6.45) is 7.76. The molecule has 0 amide bonds. The molecule has 0 fully saturated rings. The number of carbonyl (C=O) groups is 1. The van der Waals surface area contributed by atoms with Gasteiger partial charge >= 0.3 is 124 Å². The molecule has 0 bridgehead atoms. The van der Waals surface area contributed by atoms with Crippen molar-refractivity contribution in [1.82, 2.24) is 0 Å². The Morgan fingerprint density at radius 1 is 0.842 bits per heavy atom. The van der Waals surface area contributed by atoms with Crippen molar-refractivity contribution in [1.29, 1.82) is 0 Å². The van der Waals surface area contributed by atoms with Crippen LogP contribution in [-0.4, -0.2) is 31.0 Å². The van der Waals surface area contributed by atoms with Crippen LogP contribution in [0.5, 0.6) is 0 Å². The third-order valence-electron chi connectivity index (χ3n) is 4.01. The molecule has 114 valence electrons. The fraction of sp³-hybridized carbons (Fsp3) is 0.938. The van der Waals surface area contributed by atoms with E-state index in [0.717, 1.165) is 4.44 Å². The maximum absolute atomic E-state index is 12.0. The molecular formula is C16H34O2Sn. The monoisotopic (exact) mass is 378 g/mol. The van der Waals surface area contributed by atoms with Crippen LogP contribution in [0.3, 0.4) is 0 Å². The molecule has 0 aliphatic rings. The summed E-state index contributed by atoms with van der Waals surface area (Å²) in [7, 11) is 0. The van der Waals surface area contributed by atoms with E-state index in [-0.39, 0.29) is 5.97 Å². The van der Waals surface area contributed by atoms with Crippen LogP contribution < -0.4 is 0 Å². The topological polar surface area (TPSA) is 26.3 Å². The maximum atomic E-state index is 12.0. The van der Waals surface area contributed by atoms with Crippen molar-refractivity contribution in [2.75, 3.05) is 6.61 Å². The number of ether oxygens (including phenoxy) is 1. The van der Waals surface area contributed by atoms with E-state index in [1.807, 2.05) is 6.92 Å². The molecular weight excluding hydrogens is 343 g/mol. The van der Waals surface area contributed by atoms with Crippen molar-refractivity contribution in [3.8, 4) is 0 Å². The summed E-state index contributed by atoms with van der Waals surface area (Å²) in [6.45, 7) is 9.25. The molecule has 0 rings (SSSR count). The number of hydrogen-bond donors (Lipinski definition) is 0. The Morgan fingerprint density at radius 2 is 1.26 bits per heavy atom. The van der Waals surface area contributed by atoms with Crippen LogP contribution in [0.15, 0.2) is 0 Å². The second-order valence-electron chi connectivity index (χ2n) is 5.79. The molecule has 0 atom stereocenters. The van der Waals surface area contributed by atoms with Gasteiger partial charge in [-0.05, 0) is 0 Å². The van der Waals surface area contributed by atoms with Crippen molar-refractivity contribution in [3.05, 3.63) is 0 Å². The van der Waals surface area contributed by atoms with E-state index in [2.05, 4.69) is 20.8 Å². The SMILES string of the molecule is CCC[CH2][Sn]([CH2]CCC)([CH2]CCC)[CH2]C(=O)OCC. The third-order valence-corrected chi connectivity index (χ3v) is 19.1. The molecule has 0 spiro atoms. The summed E-state index contributed by atoms with van der Waals surface area (Å²) in [5, 5.41) is 0. The first-order valence-corrected chi connectivity index (χ1v) is 16.4. The Hall–Kier alpha value is 0.269. The Bertz CT molecular complexity index is 207. The molecule has 0 N–H and O–H groups in total. The van der Waals surface area contributed by atoms with Crippen LogP contribution in [0, 0.1) is 0 Å². The van der Waals surface area contributed by atoms with E-state index in [4.69, 9.17) is 4.74 Å². The Morgan fingerprint density at radius 3 is 1.58 bits per heavy atom. The van der Waals surface area contributed by atoms with E-state index in [0.29, 0.717) is 6.61 Å². The molecule has 0 aromatic heterocycles. The molecule has 3 heteroatoms. The number of hydrogen-bond acceptors (Lipinski definition) is 2. The van der Waals surface area contributed by atoms with Gasteiger partial charge in [-0.25, -0.2) is 0 Å². The molecule has 0 heterocycles. The molecule has 0 aliphatic carbocycles. The second-order valence-corrected chi connectivity index (χ2v) is 19.6. The van der Waals surface area contributed by atoms with Crippen molar-refractivity contribution < 1.29 is 9.53 Å². The zero-order chi connectivity index (χ0) is 14.6. The van der Waals surface area contributed by atoms with Gasteiger partial charge in [0.15, 0.2) is 0 Å². The van der Waals surface area contributed by atoms with E-state index in [9.17, 15) is 4.79 Å². The fourth-order valence-electron chi connectivity index (χ4n) is 2.81. The van der Waals surface area contributed by atoms with E-state index in [1.54, 1.807) is 0 Å². The second kappa shape index (κ2) is 12.0. The number of unbranched alkanes of at least 4 members (excludes halogenated alkanes) is 3. The van der Waals surface area contributed by atoms with E-state index >= 15 is 0 Å². The van der Waals surface area contributed by atoms with Gasteiger partial charge < -0.3 is 0 Å². The van der Waals surface area contributed by atoms with Crippen LogP contribution in [0.25, 0.3) is 0 Å². The minimum absolute atomic E-state index is 0.0987. The molecule has 0 unspecified atom stereocenters. The summed E-state index contributed by atoms with van der Waals surface area (Å²) in [6, 6.07) is 0. The zero-order valence-electron chi connectivity index (χ0n) is 13.6. The van der Waals surface area contributed by atoms with Gasteiger partial charge in [-0.2, -0.15) is 0 Å². The molecule has 0 aromatic rings. The number of rotatable bonds is 12. The first kappa shape index (κ1) is 19.3. The first-order valence-electron chi connectivity index (χ1n) is 8.29. The average Bonchev–Trinajstić information content (AvgIpc) is 2.40. The predicted molar refractivity (Wildman–Crippen MR) is 86.3 cm³/mol. The normalized spacial score (nSPS) is 11.6. The zero-order valence-corrected chi connectivity index (χ0v) is 16.4. The van der Waals surface area contributed by atoms with Gasteiger partial charge in [0.1, 0.15) is 0 Å². The summed E-state index contributed by atoms with van der Waals surface area (Å²) < 4.78 is 10.3. The van der Waals surface area contributed by atoms with Crippen molar-refractivity contribution in [2.45, 2.75) is 84.0 Å². The number of carbonyl (C=O) groups excluding carboxylic acids is 1. The van der Waals surface area contributed by atoms with Crippen LogP contribution >= 0.6 is 0 Å². The summed E-state index contributed by atoms with van der Waals surface area (Å²) in [4.78, 5) is 12.0. The summed E-state index contributed by atoms with van der Waals surface area (Å²) in [5.74, 6) is 0.0987. The summed E-state index contributed by atoms with van der Waals surface area (Å²) in [5.41, 5.74) is 0. The number of esters is 1. The molecule has 19 heavy (non-hydrogen) atoms. The molecule has 2 nitrogen and oxygen atoms in total. The van der Waals surface area contributed by atoms with Crippen molar-refractivity contribution in [2.24, 2.45) is 0 Å². The predicted octanol–water partition coefficient (Wildman–Crippen LogP) is 5.40. The van der Waals surface area contributed by atoms with E-state index in [1.165, 1.54) is 51.8 Å². The van der Waals surface area contributed by atoms with Gasteiger partial charge in [0.2, 0.25) is 0 Å². The Labute approximate surface area is 124 Å². The van der Waals surface area contributed by atoms with Crippen molar-refractivity contribution >= 4 is 24.3 Å². The van der Waals surface area contributed by atoms with Crippen LogP contribution in [-0.2, 0) is 9.53 Å². The average molecular weight is 377 g/mol. The molecule has 0 radical (unpaired) electrons. The van der Waals surface area contributed by atoms with Crippen LogP contribution in [0.2, 0.25) is 17.7 Å². The molecule has 0 saturated heterocycles. The standard InChI is InChI=1S/C4H7O2.3C4H9.Sn/c1-3-6-4(2)5;3*1-3-4-2;/h2-3H2,1H3;3*1,3-4H2,2H3;. The quantitative estimate of drug-likeness (QED) is 0.336. The van der Waals surface area contributed by atoms with Crippen LogP contribution in [0.1, 0.15) is 66.2 Å². The van der Waals surface area contributed by atoms with Crippen LogP contribution in [0.4, 0.5) is 0 Å². The van der Waals surface area contributed by atoms with Gasteiger partial charge in [0.25, 0.3) is 0 Å². The Balaban J connectivity index is 4.70. The van der Waals surface area contributed by atoms with Gasteiger partial charge in [-0.15, -0.1) is 0 Å². The van der Waals surface area contributed by atoms with Gasteiger partial charge in [0, 0.05) is 0 Å². The third kappa shape index (κ3) is 8.93. The van der Waals surface area contributed by atoms with E-state index < -0.39 is 18.4 Å². The minimum atomic E-state index is -2.27. The Kier molecular flexibility index (Phi) is 12.2. The van der Waals surface area contributed by atoms with Gasteiger partial charge in [-0.3, -0.25) is 0 Å². The van der Waals surface area contributed by atoms with Gasteiger partial charge in [-0.1, -0.05) is 0 Å². The summed E-state index contributed by atoms with van der Waals surface area (Å²) >= 11 is -2.27. The van der Waals surface area contributed by atoms with Crippen molar-refractivity contribution in [3.63, 3.8) is 0 Å². The molecule has 0 aromatic carbocycles. The fourth-order valence-corrected chi connectivity index (χ4v) is 18.0. The van der Waals surface area contributed by atoms with Gasteiger partial charge in [0.05, 0.1) is 0 Å².